The Kier molecular flexibility index (Phi) is 5.05. The third-order valence-corrected chi connectivity index (χ3v) is 2.85. The van der Waals surface area contributed by atoms with Crippen molar-refractivity contribution in [1.29, 1.82) is 0 Å². The zero-order valence-electron chi connectivity index (χ0n) is 9.96. The Bertz CT molecular complexity index is 347. The summed E-state index contributed by atoms with van der Waals surface area (Å²) in [4.78, 5) is 35.5. The molecule has 1 rings (SSSR count). The van der Waals surface area contributed by atoms with Gasteiger partial charge >= 0.3 is 0 Å². The number of hydrogen-bond donors (Lipinski definition) is 4. The quantitative estimate of drug-likeness (QED) is 0.413. The molecule has 8 heteroatoms. The van der Waals surface area contributed by atoms with Gasteiger partial charge in [0, 0.05) is 6.54 Å². The monoisotopic (exact) mass is 258 g/mol. The van der Waals surface area contributed by atoms with Gasteiger partial charge < -0.3 is 26.8 Å². The van der Waals surface area contributed by atoms with Gasteiger partial charge in [-0.15, -0.1) is 0 Å². The molecule has 0 saturated carbocycles. The summed E-state index contributed by atoms with van der Waals surface area (Å²) in [5, 5.41) is 11.0. The van der Waals surface area contributed by atoms with Gasteiger partial charge in [-0.1, -0.05) is 0 Å². The highest BCUT2D eigenvalue weighted by molar-refractivity contribution is 5.91. The summed E-state index contributed by atoms with van der Waals surface area (Å²) in [5.41, 5.74) is 10.4. The number of nitrogens with two attached hydrogens (primary N) is 2. The molecule has 0 bridgehead atoms. The van der Waals surface area contributed by atoms with Crippen LogP contribution in [0, 0.1) is 0 Å². The standard InChI is InChI=1S/C10H18N4O4/c11-6(5-15)10(18)13-4-8(16)14-3-1-2-7(14)9(12)17/h6-7,15H,1-5,11H2,(H2,12,17)(H,13,18)/t6-,7?/m0/s1. The summed E-state index contributed by atoms with van der Waals surface area (Å²) in [6.45, 7) is -0.293. The molecule has 102 valence electrons. The van der Waals surface area contributed by atoms with Crippen LogP contribution in [0.5, 0.6) is 0 Å². The molecule has 1 aliphatic rings. The molecule has 2 atom stereocenters. The summed E-state index contributed by atoms with van der Waals surface area (Å²) < 4.78 is 0. The predicted molar refractivity (Wildman–Crippen MR) is 62.0 cm³/mol. The van der Waals surface area contributed by atoms with Crippen molar-refractivity contribution in [3.05, 3.63) is 0 Å². The lowest BCUT2D eigenvalue weighted by molar-refractivity contribution is -0.137. The maximum Gasteiger partial charge on any atom is 0.242 e. The van der Waals surface area contributed by atoms with Gasteiger partial charge in [-0.3, -0.25) is 14.4 Å². The highest BCUT2D eigenvalue weighted by Crippen LogP contribution is 2.16. The van der Waals surface area contributed by atoms with E-state index in [4.69, 9.17) is 16.6 Å². The number of rotatable bonds is 5. The van der Waals surface area contributed by atoms with Gasteiger partial charge in [0.25, 0.3) is 0 Å². The molecule has 1 saturated heterocycles. The highest BCUT2D eigenvalue weighted by atomic mass is 16.3. The lowest BCUT2D eigenvalue weighted by Crippen LogP contribution is -2.50. The first-order valence-corrected chi connectivity index (χ1v) is 5.70. The van der Waals surface area contributed by atoms with E-state index in [1.165, 1.54) is 4.90 Å². The van der Waals surface area contributed by atoms with Crippen LogP contribution in [-0.2, 0) is 14.4 Å². The molecular weight excluding hydrogens is 240 g/mol. The Balaban J connectivity index is 2.46. The van der Waals surface area contributed by atoms with Gasteiger partial charge in [0.2, 0.25) is 17.7 Å². The van der Waals surface area contributed by atoms with Gasteiger partial charge in [0.1, 0.15) is 12.1 Å². The molecule has 0 aromatic carbocycles. The van der Waals surface area contributed by atoms with Gasteiger partial charge in [-0.05, 0) is 12.8 Å². The Hall–Kier alpha value is -1.67. The van der Waals surface area contributed by atoms with Crippen molar-refractivity contribution in [2.24, 2.45) is 11.5 Å². The van der Waals surface area contributed by atoms with E-state index in [1.54, 1.807) is 0 Å². The van der Waals surface area contributed by atoms with Crippen molar-refractivity contribution in [2.75, 3.05) is 19.7 Å². The molecule has 8 nitrogen and oxygen atoms in total. The number of hydrogen-bond acceptors (Lipinski definition) is 5. The number of carbonyl (C=O) groups excluding carboxylic acids is 3. The molecule has 0 radical (unpaired) electrons. The molecule has 18 heavy (non-hydrogen) atoms. The largest absolute Gasteiger partial charge is 0.394 e. The van der Waals surface area contributed by atoms with E-state index in [1.807, 2.05) is 0 Å². The van der Waals surface area contributed by atoms with Crippen LogP contribution in [0.3, 0.4) is 0 Å². The van der Waals surface area contributed by atoms with Crippen molar-refractivity contribution in [3.63, 3.8) is 0 Å². The van der Waals surface area contributed by atoms with Crippen LogP contribution >= 0.6 is 0 Å². The van der Waals surface area contributed by atoms with Gasteiger partial charge in [0.15, 0.2) is 0 Å². The van der Waals surface area contributed by atoms with Crippen LogP contribution in [0.25, 0.3) is 0 Å². The number of amides is 3. The van der Waals surface area contributed by atoms with Crippen LogP contribution in [0.1, 0.15) is 12.8 Å². The van der Waals surface area contributed by atoms with E-state index in [9.17, 15) is 14.4 Å². The second-order valence-electron chi connectivity index (χ2n) is 4.15. The Morgan fingerprint density at radius 3 is 2.67 bits per heavy atom. The summed E-state index contributed by atoms with van der Waals surface area (Å²) in [5.74, 6) is -1.53. The number of primary amides is 1. The van der Waals surface area contributed by atoms with Crippen molar-refractivity contribution in [1.82, 2.24) is 10.2 Å². The van der Waals surface area contributed by atoms with Crippen molar-refractivity contribution < 1.29 is 19.5 Å². The Morgan fingerprint density at radius 1 is 1.44 bits per heavy atom. The fourth-order valence-corrected chi connectivity index (χ4v) is 1.84. The first-order chi connectivity index (χ1) is 8.47. The number of nitrogens with zero attached hydrogens (tertiary/aromatic N) is 1. The second kappa shape index (κ2) is 6.31. The number of likely N-dealkylation sites (tertiary alicyclic amines) is 1. The molecular formula is C10H18N4O4. The van der Waals surface area contributed by atoms with E-state index in [2.05, 4.69) is 5.32 Å². The molecule has 1 aliphatic heterocycles. The molecule has 0 aromatic heterocycles. The van der Waals surface area contributed by atoms with Crippen LogP contribution in [0.2, 0.25) is 0 Å². The topological polar surface area (TPSA) is 139 Å². The van der Waals surface area contributed by atoms with Gasteiger partial charge in [0.05, 0.1) is 13.2 Å². The molecule has 1 heterocycles. The minimum atomic E-state index is -1.05. The predicted octanol–water partition coefficient (Wildman–Crippen LogP) is -3.10. The van der Waals surface area contributed by atoms with E-state index in [0.29, 0.717) is 19.4 Å². The number of nitrogens with one attached hydrogen (secondary N) is 1. The lowest BCUT2D eigenvalue weighted by Gasteiger charge is -2.22. The van der Waals surface area contributed by atoms with Crippen LogP contribution in [0.4, 0.5) is 0 Å². The number of carbonyl (C=O) groups is 3. The summed E-state index contributed by atoms with van der Waals surface area (Å²) in [7, 11) is 0. The Morgan fingerprint density at radius 2 is 2.11 bits per heavy atom. The smallest absolute Gasteiger partial charge is 0.242 e. The van der Waals surface area contributed by atoms with Crippen molar-refractivity contribution in [3.8, 4) is 0 Å². The van der Waals surface area contributed by atoms with Crippen LogP contribution in [0.15, 0.2) is 0 Å². The summed E-state index contributed by atoms with van der Waals surface area (Å²) in [6.07, 6.45) is 1.26. The molecule has 3 amide bonds. The number of aliphatic hydroxyl groups excluding tert-OH is 1. The molecule has 0 aromatic rings. The third kappa shape index (κ3) is 3.41. The van der Waals surface area contributed by atoms with E-state index in [0.717, 1.165) is 0 Å². The molecule has 0 aliphatic carbocycles. The summed E-state index contributed by atoms with van der Waals surface area (Å²) >= 11 is 0. The first-order valence-electron chi connectivity index (χ1n) is 5.70. The maximum absolute atomic E-state index is 11.8. The average Bonchev–Trinajstić information content (AvgIpc) is 2.83. The molecule has 1 unspecified atom stereocenters. The fraction of sp³-hybridized carbons (Fsp3) is 0.700. The fourth-order valence-electron chi connectivity index (χ4n) is 1.84. The average molecular weight is 258 g/mol. The van der Waals surface area contributed by atoms with Crippen molar-refractivity contribution in [2.45, 2.75) is 24.9 Å². The van der Waals surface area contributed by atoms with Gasteiger partial charge in [-0.25, -0.2) is 0 Å². The lowest BCUT2D eigenvalue weighted by atomic mass is 10.2. The van der Waals surface area contributed by atoms with Crippen LogP contribution < -0.4 is 16.8 Å². The minimum Gasteiger partial charge on any atom is -0.394 e. The number of aliphatic hydroxyl groups is 1. The van der Waals surface area contributed by atoms with E-state index < -0.39 is 30.5 Å². The second-order valence-corrected chi connectivity index (χ2v) is 4.15. The maximum atomic E-state index is 11.8. The summed E-state index contributed by atoms with van der Waals surface area (Å²) in [6, 6.07) is -1.65. The minimum absolute atomic E-state index is 0.254. The third-order valence-electron chi connectivity index (χ3n) is 2.85. The van der Waals surface area contributed by atoms with E-state index >= 15 is 0 Å². The molecule has 6 N–H and O–H groups in total. The Labute approximate surface area is 104 Å². The SMILES string of the molecule is NC(=O)C1CCCN1C(=O)CNC(=O)[C@@H](N)CO. The van der Waals surface area contributed by atoms with Gasteiger partial charge in [-0.2, -0.15) is 0 Å². The van der Waals surface area contributed by atoms with E-state index in [-0.39, 0.29) is 12.5 Å². The van der Waals surface area contributed by atoms with Crippen molar-refractivity contribution >= 4 is 17.7 Å². The molecule has 1 fully saturated rings. The zero-order valence-corrected chi connectivity index (χ0v) is 9.96. The zero-order chi connectivity index (χ0) is 13.7. The van der Waals surface area contributed by atoms with Crippen LogP contribution in [-0.4, -0.2) is 59.5 Å². The normalized spacial score (nSPS) is 20.6. The molecule has 0 spiro atoms. The first kappa shape index (κ1) is 14.4. The highest BCUT2D eigenvalue weighted by Gasteiger charge is 2.32.